The topological polar surface area (TPSA) is 29.5 Å². The lowest BCUT2D eigenvalue weighted by Crippen LogP contribution is -2.18. The Labute approximate surface area is 93.0 Å². The smallest absolute Gasteiger partial charge is 0.508 e. The minimum Gasteiger partial charge on any atom is -0.508 e. The van der Waals surface area contributed by atoms with E-state index in [4.69, 9.17) is 5.11 Å². The number of aromatic hydroxyl groups is 1. The standard InChI is InChI=1S/C11H6F4O2/c12-9-4-1-6-5-7(16)2-3-8(6)10(9)17-11(13,14)15/h1-5,16H. The third-order valence-electron chi connectivity index (χ3n) is 2.12. The Morgan fingerprint density at radius 3 is 2.41 bits per heavy atom. The highest BCUT2D eigenvalue weighted by Gasteiger charge is 2.33. The predicted octanol–water partition coefficient (Wildman–Crippen LogP) is 3.58. The van der Waals surface area contributed by atoms with E-state index < -0.39 is 17.9 Å². The molecule has 0 atom stereocenters. The minimum atomic E-state index is -4.97. The first kappa shape index (κ1) is 11.5. The summed E-state index contributed by atoms with van der Waals surface area (Å²) in [6.45, 7) is 0. The van der Waals surface area contributed by atoms with Crippen LogP contribution in [0.15, 0.2) is 30.3 Å². The maximum absolute atomic E-state index is 13.3. The molecular weight excluding hydrogens is 240 g/mol. The normalized spacial score (nSPS) is 11.8. The van der Waals surface area contributed by atoms with Crippen molar-refractivity contribution in [2.75, 3.05) is 0 Å². The van der Waals surface area contributed by atoms with Crippen LogP contribution in [0.25, 0.3) is 10.8 Å². The van der Waals surface area contributed by atoms with Crippen molar-refractivity contribution in [1.82, 2.24) is 0 Å². The molecule has 0 spiro atoms. The van der Waals surface area contributed by atoms with E-state index in [9.17, 15) is 17.6 Å². The van der Waals surface area contributed by atoms with E-state index in [0.717, 1.165) is 18.2 Å². The molecule has 2 rings (SSSR count). The number of rotatable bonds is 1. The lowest BCUT2D eigenvalue weighted by Gasteiger charge is -2.12. The van der Waals surface area contributed by atoms with Crippen LogP contribution in [0, 0.1) is 5.82 Å². The number of halogens is 4. The monoisotopic (exact) mass is 246 g/mol. The number of ether oxygens (including phenoxy) is 1. The molecule has 0 aliphatic carbocycles. The lowest BCUT2D eigenvalue weighted by atomic mass is 10.1. The molecule has 0 fully saturated rings. The van der Waals surface area contributed by atoms with Crippen LogP contribution in [0.4, 0.5) is 17.6 Å². The summed E-state index contributed by atoms with van der Waals surface area (Å²) >= 11 is 0. The Bertz CT molecular complexity index is 563. The van der Waals surface area contributed by atoms with Crippen LogP contribution in [0.1, 0.15) is 0 Å². The molecular formula is C11H6F4O2. The fourth-order valence-corrected chi connectivity index (χ4v) is 1.48. The first-order valence-electron chi connectivity index (χ1n) is 4.54. The average molecular weight is 246 g/mol. The largest absolute Gasteiger partial charge is 0.573 e. The molecule has 90 valence electrons. The van der Waals surface area contributed by atoms with Crippen molar-refractivity contribution in [2.45, 2.75) is 6.36 Å². The summed E-state index contributed by atoms with van der Waals surface area (Å²) in [5, 5.41) is 9.37. The van der Waals surface area contributed by atoms with Gasteiger partial charge in [-0.05, 0) is 29.7 Å². The van der Waals surface area contributed by atoms with E-state index >= 15 is 0 Å². The zero-order valence-corrected chi connectivity index (χ0v) is 8.25. The first-order valence-corrected chi connectivity index (χ1v) is 4.54. The van der Waals surface area contributed by atoms with E-state index in [1.165, 1.54) is 12.1 Å². The van der Waals surface area contributed by atoms with Crippen LogP contribution in [-0.2, 0) is 0 Å². The lowest BCUT2D eigenvalue weighted by molar-refractivity contribution is -0.275. The van der Waals surface area contributed by atoms with E-state index in [-0.39, 0.29) is 16.5 Å². The number of alkyl halides is 3. The molecule has 0 aliphatic rings. The average Bonchev–Trinajstić information content (AvgIpc) is 2.21. The molecule has 0 heterocycles. The highest BCUT2D eigenvalue weighted by Crippen LogP contribution is 2.34. The zero-order chi connectivity index (χ0) is 12.6. The zero-order valence-electron chi connectivity index (χ0n) is 8.25. The Balaban J connectivity index is 2.64. The van der Waals surface area contributed by atoms with Gasteiger partial charge in [-0.3, -0.25) is 0 Å². The molecule has 2 aromatic rings. The number of hydrogen-bond donors (Lipinski definition) is 1. The second kappa shape index (κ2) is 3.80. The molecule has 0 unspecified atom stereocenters. The molecule has 17 heavy (non-hydrogen) atoms. The first-order chi connectivity index (χ1) is 7.87. The Morgan fingerprint density at radius 1 is 1.06 bits per heavy atom. The van der Waals surface area contributed by atoms with Crippen LogP contribution in [0.3, 0.4) is 0 Å². The van der Waals surface area contributed by atoms with Gasteiger partial charge in [0.05, 0.1) is 0 Å². The van der Waals surface area contributed by atoms with E-state index in [2.05, 4.69) is 4.74 Å². The van der Waals surface area contributed by atoms with Gasteiger partial charge in [0.15, 0.2) is 11.6 Å². The van der Waals surface area contributed by atoms with Crippen LogP contribution in [0.2, 0.25) is 0 Å². The Kier molecular flexibility index (Phi) is 2.57. The maximum atomic E-state index is 13.3. The highest BCUT2D eigenvalue weighted by atomic mass is 19.4. The second-order valence-electron chi connectivity index (χ2n) is 3.33. The molecule has 0 saturated carbocycles. The van der Waals surface area contributed by atoms with E-state index in [0.29, 0.717) is 0 Å². The number of phenols is 1. The van der Waals surface area contributed by atoms with Crippen LogP contribution >= 0.6 is 0 Å². The summed E-state index contributed by atoms with van der Waals surface area (Å²) in [6.07, 6.45) is -4.97. The van der Waals surface area contributed by atoms with Crippen molar-refractivity contribution < 1.29 is 27.4 Å². The van der Waals surface area contributed by atoms with Gasteiger partial charge < -0.3 is 9.84 Å². The van der Waals surface area contributed by atoms with Crippen molar-refractivity contribution in [1.29, 1.82) is 0 Å². The molecule has 0 saturated heterocycles. The summed E-state index contributed by atoms with van der Waals surface area (Å²) in [7, 11) is 0. The van der Waals surface area contributed by atoms with Gasteiger partial charge in [-0.2, -0.15) is 0 Å². The van der Waals surface area contributed by atoms with Gasteiger partial charge in [-0.1, -0.05) is 6.07 Å². The number of phenolic OH excluding ortho intramolecular Hbond substituents is 1. The predicted molar refractivity (Wildman–Crippen MR) is 52.3 cm³/mol. The number of fused-ring (bicyclic) bond motifs is 1. The maximum Gasteiger partial charge on any atom is 0.573 e. The quantitative estimate of drug-likeness (QED) is 0.779. The van der Waals surface area contributed by atoms with Gasteiger partial charge >= 0.3 is 6.36 Å². The molecule has 1 N–H and O–H groups in total. The van der Waals surface area contributed by atoms with Crippen molar-refractivity contribution >= 4 is 10.8 Å². The van der Waals surface area contributed by atoms with Crippen LogP contribution < -0.4 is 4.74 Å². The number of hydrogen-bond acceptors (Lipinski definition) is 2. The van der Waals surface area contributed by atoms with E-state index in [1.54, 1.807) is 0 Å². The summed E-state index contributed by atoms with van der Waals surface area (Å²) in [6, 6.07) is 5.65. The minimum absolute atomic E-state index is 0.0554. The van der Waals surface area contributed by atoms with Gasteiger partial charge in [-0.15, -0.1) is 13.2 Å². The van der Waals surface area contributed by atoms with Gasteiger partial charge in [-0.25, -0.2) is 4.39 Å². The van der Waals surface area contributed by atoms with Crippen molar-refractivity contribution in [3.63, 3.8) is 0 Å². The third kappa shape index (κ3) is 2.41. The van der Waals surface area contributed by atoms with Gasteiger partial charge in [0.25, 0.3) is 0 Å². The fourth-order valence-electron chi connectivity index (χ4n) is 1.48. The van der Waals surface area contributed by atoms with Crippen molar-refractivity contribution in [3.8, 4) is 11.5 Å². The third-order valence-corrected chi connectivity index (χ3v) is 2.12. The van der Waals surface area contributed by atoms with Crippen molar-refractivity contribution in [2.24, 2.45) is 0 Å². The number of benzene rings is 2. The second-order valence-corrected chi connectivity index (χ2v) is 3.33. The molecule has 0 bridgehead atoms. The van der Waals surface area contributed by atoms with Crippen molar-refractivity contribution in [3.05, 3.63) is 36.1 Å². The Hall–Kier alpha value is -1.98. The molecule has 0 aliphatic heterocycles. The molecule has 6 heteroatoms. The van der Waals surface area contributed by atoms with E-state index in [1.807, 2.05) is 0 Å². The highest BCUT2D eigenvalue weighted by molar-refractivity contribution is 5.89. The molecule has 0 radical (unpaired) electrons. The van der Waals surface area contributed by atoms with Crippen LogP contribution in [0.5, 0.6) is 11.5 Å². The van der Waals surface area contributed by atoms with Gasteiger partial charge in [0.1, 0.15) is 5.75 Å². The summed E-state index contributed by atoms with van der Waals surface area (Å²) in [5.74, 6) is -2.13. The summed E-state index contributed by atoms with van der Waals surface area (Å²) in [4.78, 5) is 0. The fraction of sp³-hybridized carbons (Fsp3) is 0.0909. The summed E-state index contributed by atoms with van der Waals surface area (Å²) in [5.41, 5.74) is 0. The molecule has 0 amide bonds. The summed E-state index contributed by atoms with van der Waals surface area (Å²) < 4.78 is 53.2. The molecule has 0 aromatic heterocycles. The van der Waals surface area contributed by atoms with Crippen LogP contribution in [-0.4, -0.2) is 11.5 Å². The Morgan fingerprint density at radius 2 is 1.76 bits per heavy atom. The SMILES string of the molecule is Oc1ccc2c(OC(F)(F)F)c(F)ccc2c1. The molecule has 2 nitrogen and oxygen atoms in total. The van der Waals surface area contributed by atoms with Gasteiger partial charge in [0.2, 0.25) is 0 Å². The molecule has 2 aromatic carbocycles. The van der Waals surface area contributed by atoms with Gasteiger partial charge in [0, 0.05) is 5.39 Å².